The van der Waals surface area contributed by atoms with Crippen molar-refractivity contribution >= 4 is 12.0 Å². The van der Waals surface area contributed by atoms with Crippen molar-refractivity contribution in [3.8, 4) is 0 Å². The molecule has 0 spiro atoms. The number of likely N-dealkylation sites (tertiary alicyclic amines) is 1. The first kappa shape index (κ1) is 15.3. The van der Waals surface area contributed by atoms with E-state index >= 15 is 0 Å². The number of amides is 2. The molecule has 0 radical (unpaired) electrons. The standard InChI is InChI=1S/C14H22N4O3/c1-2-14(12(19)20)5-3-9-18(14)13(21)16-6-4-8-17-10-7-15-11-17/h7,10-11H,2-6,8-9H2,1H3,(H,16,21)(H,19,20). The fraction of sp³-hybridized carbons (Fsp3) is 0.643. The molecule has 1 aromatic heterocycles. The van der Waals surface area contributed by atoms with E-state index in [1.807, 2.05) is 17.7 Å². The first-order valence-electron chi connectivity index (χ1n) is 7.35. The monoisotopic (exact) mass is 294 g/mol. The molecule has 2 amide bonds. The van der Waals surface area contributed by atoms with Crippen molar-refractivity contribution in [2.45, 2.75) is 44.7 Å². The molecule has 21 heavy (non-hydrogen) atoms. The van der Waals surface area contributed by atoms with Crippen LogP contribution in [-0.4, -0.2) is 50.2 Å². The minimum absolute atomic E-state index is 0.276. The van der Waals surface area contributed by atoms with Crippen molar-refractivity contribution in [1.29, 1.82) is 0 Å². The molecule has 2 heterocycles. The quantitative estimate of drug-likeness (QED) is 0.774. The average Bonchev–Trinajstić information content (AvgIpc) is 3.12. The normalized spacial score (nSPS) is 21.5. The molecule has 1 fully saturated rings. The van der Waals surface area contributed by atoms with Crippen LogP contribution in [0.5, 0.6) is 0 Å². The number of carbonyl (C=O) groups is 2. The molecule has 0 aliphatic carbocycles. The van der Waals surface area contributed by atoms with Crippen LogP contribution in [0.4, 0.5) is 4.79 Å². The smallest absolute Gasteiger partial charge is 0.329 e. The molecule has 2 N–H and O–H groups in total. The highest BCUT2D eigenvalue weighted by Crippen LogP contribution is 2.32. The number of nitrogens with zero attached hydrogens (tertiary/aromatic N) is 3. The third-order valence-electron chi connectivity index (χ3n) is 4.15. The number of aromatic nitrogens is 2. The minimum Gasteiger partial charge on any atom is -0.479 e. The maximum absolute atomic E-state index is 12.2. The number of hydrogen-bond acceptors (Lipinski definition) is 3. The Bertz CT molecular complexity index is 488. The number of imidazole rings is 1. The highest BCUT2D eigenvalue weighted by Gasteiger charge is 2.48. The number of nitrogens with one attached hydrogen (secondary N) is 1. The van der Waals surface area contributed by atoms with Crippen LogP contribution in [0, 0.1) is 0 Å². The molecule has 7 nitrogen and oxygen atoms in total. The van der Waals surface area contributed by atoms with Crippen LogP contribution in [0.15, 0.2) is 18.7 Å². The zero-order valence-electron chi connectivity index (χ0n) is 12.3. The molecule has 2 rings (SSSR count). The number of carbonyl (C=O) groups excluding carboxylic acids is 1. The third-order valence-corrected chi connectivity index (χ3v) is 4.15. The van der Waals surface area contributed by atoms with Crippen molar-refractivity contribution in [3.05, 3.63) is 18.7 Å². The Labute approximate surface area is 124 Å². The summed E-state index contributed by atoms with van der Waals surface area (Å²) in [6, 6.07) is -0.276. The molecule has 0 bridgehead atoms. The molecule has 116 valence electrons. The Kier molecular flexibility index (Phi) is 4.82. The van der Waals surface area contributed by atoms with Gasteiger partial charge in [-0.3, -0.25) is 0 Å². The van der Waals surface area contributed by atoms with Crippen LogP contribution in [0.2, 0.25) is 0 Å². The molecule has 1 atom stereocenters. The van der Waals surface area contributed by atoms with Gasteiger partial charge < -0.3 is 19.9 Å². The van der Waals surface area contributed by atoms with Gasteiger partial charge in [0.05, 0.1) is 6.33 Å². The fourth-order valence-corrected chi connectivity index (χ4v) is 2.89. The van der Waals surface area contributed by atoms with Crippen molar-refractivity contribution in [2.24, 2.45) is 0 Å². The van der Waals surface area contributed by atoms with Gasteiger partial charge in [-0.25, -0.2) is 14.6 Å². The summed E-state index contributed by atoms with van der Waals surface area (Å²) in [7, 11) is 0. The number of hydrogen-bond donors (Lipinski definition) is 2. The molecule has 7 heteroatoms. The van der Waals surface area contributed by atoms with E-state index in [0.717, 1.165) is 19.4 Å². The predicted molar refractivity (Wildman–Crippen MR) is 76.8 cm³/mol. The maximum Gasteiger partial charge on any atom is 0.329 e. The molecular formula is C14H22N4O3. The molecule has 1 saturated heterocycles. The maximum atomic E-state index is 12.2. The van der Waals surface area contributed by atoms with E-state index in [9.17, 15) is 14.7 Å². The van der Waals surface area contributed by atoms with Gasteiger partial charge in [0.15, 0.2) is 0 Å². The van der Waals surface area contributed by atoms with Crippen molar-refractivity contribution in [1.82, 2.24) is 19.8 Å². The van der Waals surface area contributed by atoms with E-state index < -0.39 is 11.5 Å². The summed E-state index contributed by atoms with van der Waals surface area (Å²) in [5.74, 6) is -0.906. The summed E-state index contributed by atoms with van der Waals surface area (Å²) < 4.78 is 1.94. The van der Waals surface area contributed by atoms with Crippen molar-refractivity contribution < 1.29 is 14.7 Å². The van der Waals surface area contributed by atoms with Gasteiger partial charge in [-0.15, -0.1) is 0 Å². The second-order valence-corrected chi connectivity index (χ2v) is 5.33. The first-order valence-corrected chi connectivity index (χ1v) is 7.35. The number of aliphatic carboxylic acids is 1. The van der Waals surface area contributed by atoms with Crippen molar-refractivity contribution in [3.63, 3.8) is 0 Å². The van der Waals surface area contributed by atoms with Gasteiger partial charge in [0.25, 0.3) is 0 Å². The van der Waals surface area contributed by atoms with Gasteiger partial charge in [-0.05, 0) is 25.7 Å². The van der Waals surface area contributed by atoms with Gasteiger partial charge in [0, 0.05) is 32.0 Å². The van der Waals surface area contributed by atoms with Gasteiger partial charge in [0.2, 0.25) is 0 Å². The van der Waals surface area contributed by atoms with Crippen LogP contribution in [0.25, 0.3) is 0 Å². The second-order valence-electron chi connectivity index (χ2n) is 5.33. The SMILES string of the molecule is CCC1(C(=O)O)CCCN1C(=O)NCCCn1ccnc1. The number of rotatable bonds is 6. The summed E-state index contributed by atoms with van der Waals surface area (Å²) in [5, 5.41) is 12.3. The summed E-state index contributed by atoms with van der Waals surface area (Å²) in [5.41, 5.74) is -1.03. The second kappa shape index (κ2) is 6.60. The Hall–Kier alpha value is -2.05. The number of carboxylic acids is 1. The van der Waals surface area contributed by atoms with Gasteiger partial charge >= 0.3 is 12.0 Å². The summed E-state index contributed by atoms with van der Waals surface area (Å²) in [6.45, 7) is 3.62. The molecule has 0 saturated carbocycles. The minimum atomic E-state index is -1.03. The van der Waals surface area contributed by atoms with Crippen LogP contribution in [-0.2, 0) is 11.3 Å². The van der Waals surface area contributed by atoms with Crippen molar-refractivity contribution in [2.75, 3.05) is 13.1 Å². The van der Waals surface area contributed by atoms with Crippen LogP contribution >= 0.6 is 0 Å². The van der Waals surface area contributed by atoms with Gasteiger partial charge in [0.1, 0.15) is 5.54 Å². The van der Waals surface area contributed by atoms with Crippen LogP contribution in [0.1, 0.15) is 32.6 Å². The predicted octanol–water partition coefficient (Wildman–Crippen LogP) is 1.31. The third kappa shape index (κ3) is 3.17. The largest absolute Gasteiger partial charge is 0.479 e. The molecule has 1 aromatic rings. The van der Waals surface area contributed by atoms with Gasteiger partial charge in [-0.2, -0.15) is 0 Å². The topological polar surface area (TPSA) is 87.5 Å². The molecule has 1 aliphatic rings. The van der Waals surface area contributed by atoms with Crippen LogP contribution < -0.4 is 5.32 Å². The zero-order chi connectivity index (χ0) is 15.3. The van der Waals surface area contributed by atoms with E-state index in [4.69, 9.17) is 0 Å². The Morgan fingerprint density at radius 3 is 2.90 bits per heavy atom. The van der Waals surface area contributed by atoms with E-state index in [1.165, 1.54) is 4.90 Å². The van der Waals surface area contributed by atoms with Gasteiger partial charge in [-0.1, -0.05) is 6.92 Å². The molecule has 0 aromatic carbocycles. The summed E-state index contributed by atoms with van der Waals surface area (Å²) in [6.07, 6.45) is 7.80. The van der Waals surface area contributed by atoms with E-state index in [1.54, 1.807) is 12.5 Å². The van der Waals surface area contributed by atoms with E-state index in [-0.39, 0.29) is 6.03 Å². The molecule has 1 aliphatic heterocycles. The lowest BCUT2D eigenvalue weighted by atomic mass is 9.93. The van der Waals surface area contributed by atoms with E-state index in [2.05, 4.69) is 10.3 Å². The summed E-state index contributed by atoms with van der Waals surface area (Å²) >= 11 is 0. The molecular weight excluding hydrogens is 272 g/mol. The zero-order valence-corrected chi connectivity index (χ0v) is 12.3. The van der Waals surface area contributed by atoms with Crippen LogP contribution in [0.3, 0.4) is 0 Å². The lowest BCUT2D eigenvalue weighted by Gasteiger charge is -2.33. The molecule has 1 unspecified atom stereocenters. The number of aryl methyl sites for hydroxylation is 1. The average molecular weight is 294 g/mol. The highest BCUT2D eigenvalue weighted by molar-refractivity contribution is 5.87. The Balaban J connectivity index is 1.83. The Morgan fingerprint density at radius 1 is 1.48 bits per heavy atom. The van der Waals surface area contributed by atoms with E-state index in [0.29, 0.717) is 25.9 Å². The summed E-state index contributed by atoms with van der Waals surface area (Å²) in [4.78, 5) is 29.2. The lowest BCUT2D eigenvalue weighted by molar-refractivity contribution is -0.148. The lowest BCUT2D eigenvalue weighted by Crippen LogP contribution is -2.55. The first-order chi connectivity index (χ1) is 10.1. The highest BCUT2D eigenvalue weighted by atomic mass is 16.4. The number of urea groups is 1. The number of carboxylic acid groups (broad SMARTS) is 1. The Morgan fingerprint density at radius 2 is 2.29 bits per heavy atom. The fourth-order valence-electron chi connectivity index (χ4n) is 2.89.